The molecule has 0 aliphatic carbocycles. The number of alkyl carbamates (subject to hydrolysis) is 1. The van der Waals surface area contributed by atoms with Gasteiger partial charge in [0.15, 0.2) is 0 Å². The first kappa shape index (κ1) is 34.7. The molecule has 0 fully saturated rings. The number of aryl methyl sites for hydroxylation is 2. The number of carbonyl (C=O) groups is 3. The zero-order chi connectivity index (χ0) is 31.4. The molecule has 2 aromatic rings. The van der Waals surface area contributed by atoms with E-state index in [2.05, 4.69) is 17.6 Å². The third-order valence-corrected chi connectivity index (χ3v) is 7.44. The zero-order valence-corrected chi connectivity index (χ0v) is 26.8. The fraction of sp³-hybridized carbons (Fsp3) is 0.559. The second-order valence-electron chi connectivity index (χ2n) is 12.2. The lowest BCUT2D eigenvalue weighted by atomic mass is 9.94. The molecule has 8 nitrogen and oxygen atoms in total. The van der Waals surface area contributed by atoms with E-state index in [0.717, 1.165) is 31.2 Å². The van der Waals surface area contributed by atoms with Crippen LogP contribution in [0.2, 0.25) is 0 Å². The highest BCUT2D eigenvalue weighted by Crippen LogP contribution is 2.30. The van der Waals surface area contributed by atoms with Crippen molar-refractivity contribution in [2.75, 3.05) is 11.9 Å². The van der Waals surface area contributed by atoms with Gasteiger partial charge in [-0.15, -0.1) is 0 Å². The van der Waals surface area contributed by atoms with Gasteiger partial charge in [0.1, 0.15) is 23.4 Å². The first-order valence-electron chi connectivity index (χ1n) is 15.2. The number of hydrogen-bond acceptors (Lipinski definition) is 5. The Morgan fingerprint density at radius 3 is 2.21 bits per heavy atom. The number of ether oxygens (including phenoxy) is 1. The highest BCUT2D eigenvalue weighted by molar-refractivity contribution is 5.99. The second kappa shape index (κ2) is 16.2. The molecule has 0 spiro atoms. The van der Waals surface area contributed by atoms with E-state index in [-0.39, 0.29) is 23.5 Å². The summed E-state index contributed by atoms with van der Waals surface area (Å²) in [5, 5.41) is 16.1. The Balaban J connectivity index is 2.59. The molecule has 42 heavy (non-hydrogen) atoms. The third-order valence-electron chi connectivity index (χ3n) is 7.44. The van der Waals surface area contributed by atoms with Crippen LogP contribution in [-0.4, -0.2) is 46.1 Å². The maximum absolute atomic E-state index is 14.5. The van der Waals surface area contributed by atoms with E-state index in [1.165, 1.54) is 0 Å². The fourth-order valence-electron chi connectivity index (χ4n) is 4.78. The molecule has 232 valence electrons. The molecule has 3 N–H and O–H groups in total. The molecule has 0 saturated carbocycles. The van der Waals surface area contributed by atoms with Gasteiger partial charge >= 0.3 is 6.09 Å². The molecule has 0 aliphatic heterocycles. The van der Waals surface area contributed by atoms with Crippen molar-refractivity contribution in [2.45, 2.75) is 112 Å². The Morgan fingerprint density at radius 1 is 0.952 bits per heavy atom. The zero-order valence-electron chi connectivity index (χ0n) is 26.8. The molecule has 3 unspecified atom stereocenters. The summed E-state index contributed by atoms with van der Waals surface area (Å²) in [6.45, 7) is 15.3. The first-order chi connectivity index (χ1) is 19.8. The smallest absolute Gasteiger partial charge is 0.408 e. The molecule has 3 atom stereocenters. The van der Waals surface area contributed by atoms with Crippen LogP contribution in [0.3, 0.4) is 0 Å². The molecule has 2 aromatic carbocycles. The van der Waals surface area contributed by atoms with Crippen molar-refractivity contribution >= 4 is 23.6 Å². The van der Waals surface area contributed by atoms with Gasteiger partial charge in [-0.2, -0.15) is 0 Å². The van der Waals surface area contributed by atoms with Crippen molar-refractivity contribution < 1.29 is 24.2 Å². The average Bonchev–Trinajstić information content (AvgIpc) is 2.92. The van der Waals surface area contributed by atoms with Gasteiger partial charge in [0.25, 0.3) is 5.91 Å². The minimum absolute atomic E-state index is 0.110. The number of aromatic hydroxyl groups is 1. The largest absolute Gasteiger partial charge is 0.508 e. The number of phenolic OH excluding ortho intramolecular Hbond substituents is 1. The monoisotopic (exact) mass is 581 g/mol. The lowest BCUT2D eigenvalue weighted by Gasteiger charge is -2.36. The van der Waals surface area contributed by atoms with Gasteiger partial charge in [0.05, 0.1) is 0 Å². The summed E-state index contributed by atoms with van der Waals surface area (Å²) >= 11 is 0. The lowest BCUT2D eigenvalue weighted by molar-refractivity contribution is -0.142. The number of benzene rings is 2. The van der Waals surface area contributed by atoms with Crippen LogP contribution in [-0.2, 0) is 14.3 Å². The molecule has 0 aliphatic rings. The van der Waals surface area contributed by atoms with E-state index in [1.54, 1.807) is 50.8 Å². The van der Waals surface area contributed by atoms with E-state index in [1.807, 2.05) is 45.0 Å². The SMILES string of the molecule is CCCCCCCN(C(=O)C(NC(=O)OC(C)(C)C)C(C)CC)C(C(=O)Nc1ccccc1C)c1ccc(O)c(C)c1. The summed E-state index contributed by atoms with van der Waals surface area (Å²) in [6.07, 6.45) is 4.79. The Morgan fingerprint density at radius 2 is 1.62 bits per heavy atom. The summed E-state index contributed by atoms with van der Waals surface area (Å²) in [6, 6.07) is 10.6. The van der Waals surface area contributed by atoms with Crippen molar-refractivity contribution in [3.8, 4) is 5.75 Å². The van der Waals surface area contributed by atoms with E-state index in [9.17, 15) is 19.5 Å². The second-order valence-corrected chi connectivity index (χ2v) is 12.2. The van der Waals surface area contributed by atoms with Crippen LogP contribution < -0.4 is 10.6 Å². The van der Waals surface area contributed by atoms with Crippen LogP contribution in [0.25, 0.3) is 0 Å². The number of anilines is 1. The maximum atomic E-state index is 14.5. The highest BCUT2D eigenvalue weighted by atomic mass is 16.6. The number of phenols is 1. The summed E-state index contributed by atoms with van der Waals surface area (Å²) in [7, 11) is 0. The summed E-state index contributed by atoms with van der Waals surface area (Å²) in [5.41, 5.74) is 2.00. The molecular weight excluding hydrogens is 530 g/mol. The van der Waals surface area contributed by atoms with Gasteiger partial charge in [-0.05, 0) is 81.8 Å². The quantitative estimate of drug-likeness (QED) is 0.201. The Hall–Kier alpha value is -3.55. The Labute approximate surface area is 252 Å². The van der Waals surface area contributed by atoms with Crippen molar-refractivity contribution in [3.63, 3.8) is 0 Å². The van der Waals surface area contributed by atoms with Crippen molar-refractivity contribution in [1.82, 2.24) is 10.2 Å². The van der Waals surface area contributed by atoms with E-state index in [4.69, 9.17) is 4.74 Å². The van der Waals surface area contributed by atoms with Crippen LogP contribution >= 0.6 is 0 Å². The van der Waals surface area contributed by atoms with Gasteiger partial charge in [-0.3, -0.25) is 9.59 Å². The number of nitrogens with zero attached hydrogens (tertiary/aromatic N) is 1. The van der Waals surface area contributed by atoms with Gasteiger partial charge < -0.3 is 25.4 Å². The number of rotatable bonds is 14. The predicted octanol–water partition coefficient (Wildman–Crippen LogP) is 7.43. The summed E-state index contributed by atoms with van der Waals surface area (Å²) in [4.78, 5) is 43.1. The van der Waals surface area contributed by atoms with Crippen LogP contribution in [0.1, 0.15) is 103 Å². The molecule has 3 amide bonds. The third kappa shape index (κ3) is 10.4. The molecule has 0 bridgehead atoms. The summed E-state index contributed by atoms with van der Waals surface area (Å²) in [5.74, 6) is -0.814. The Kier molecular flexibility index (Phi) is 13.4. The molecular formula is C34H51N3O5. The lowest BCUT2D eigenvalue weighted by Crippen LogP contribution is -2.55. The molecule has 8 heteroatoms. The number of hydrogen-bond donors (Lipinski definition) is 3. The predicted molar refractivity (Wildman–Crippen MR) is 168 cm³/mol. The normalized spacial score (nSPS) is 13.5. The fourth-order valence-corrected chi connectivity index (χ4v) is 4.78. The molecule has 0 radical (unpaired) electrons. The highest BCUT2D eigenvalue weighted by Gasteiger charge is 2.38. The van der Waals surface area contributed by atoms with Crippen LogP contribution in [0, 0.1) is 19.8 Å². The number of amides is 3. The van der Waals surface area contributed by atoms with E-state index in [0.29, 0.717) is 36.2 Å². The minimum atomic E-state index is -0.991. The molecule has 0 aromatic heterocycles. The molecule has 2 rings (SSSR count). The van der Waals surface area contributed by atoms with Crippen LogP contribution in [0.4, 0.5) is 10.5 Å². The Bertz CT molecular complexity index is 1190. The standard InChI is InChI=1S/C34H51N3O5/c1-9-11-12-13-16-21-37(32(40)29(23(3)10-2)36-33(41)42-34(6,7)8)30(26-19-20-28(38)25(5)22-26)31(39)35-27-18-15-14-17-24(27)4/h14-15,17-20,22-23,29-30,38H,9-13,16,21H2,1-8H3,(H,35,39)(H,36,41). The van der Waals surface area contributed by atoms with Crippen molar-refractivity contribution in [3.05, 3.63) is 59.2 Å². The molecule has 0 saturated heterocycles. The maximum Gasteiger partial charge on any atom is 0.408 e. The topological polar surface area (TPSA) is 108 Å². The number of carbonyl (C=O) groups excluding carboxylic acids is 3. The summed E-state index contributed by atoms with van der Waals surface area (Å²) < 4.78 is 5.50. The van der Waals surface area contributed by atoms with Crippen LogP contribution in [0.15, 0.2) is 42.5 Å². The van der Waals surface area contributed by atoms with E-state index >= 15 is 0 Å². The minimum Gasteiger partial charge on any atom is -0.508 e. The molecule has 0 heterocycles. The van der Waals surface area contributed by atoms with Gasteiger partial charge in [0, 0.05) is 12.2 Å². The van der Waals surface area contributed by atoms with Gasteiger partial charge in [-0.1, -0.05) is 77.1 Å². The van der Waals surface area contributed by atoms with Gasteiger partial charge in [0.2, 0.25) is 5.91 Å². The van der Waals surface area contributed by atoms with Gasteiger partial charge in [-0.25, -0.2) is 4.79 Å². The van der Waals surface area contributed by atoms with Crippen LogP contribution in [0.5, 0.6) is 5.75 Å². The average molecular weight is 582 g/mol. The van der Waals surface area contributed by atoms with Crippen molar-refractivity contribution in [1.29, 1.82) is 0 Å². The van der Waals surface area contributed by atoms with E-state index < -0.39 is 23.8 Å². The first-order valence-corrected chi connectivity index (χ1v) is 15.2. The van der Waals surface area contributed by atoms with Crippen molar-refractivity contribution in [2.24, 2.45) is 5.92 Å². The number of nitrogens with one attached hydrogen (secondary N) is 2. The number of unbranched alkanes of at least 4 members (excludes halogenated alkanes) is 4. The number of para-hydroxylation sites is 1.